The SMILES string of the molecule is CC(=O)NS(=O)(=O)c1ccc(-c2ccc(C=Nn3c(-c4cc5cc(Cl)ccc5o4)nc4ccccc4c3=O)o2)cc1. The highest BCUT2D eigenvalue weighted by Gasteiger charge is 2.18. The Morgan fingerprint density at radius 3 is 2.54 bits per heavy atom. The van der Waals surface area contributed by atoms with Crippen LogP contribution in [0.2, 0.25) is 5.02 Å². The molecule has 41 heavy (non-hydrogen) atoms. The van der Waals surface area contributed by atoms with Gasteiger partial charge in [0.2, 0.25) is 11.7 Å². The zero-order chi connectivity index (χ0) is 28.7. The summed E-state index contributed by atoms with van der Waals surface area (Å²) in [5, 5.41) is 6.06. The van der Waals surface area contributed by atoms with E-state index in [0.29, 0.717) is 44.4 Å². The van der Waals surface area contributed by atoms with Crippen molar-refractivity contribution in [1.82, 2.24) is 14.4 Å². The summed E-state index contributed by atoms with van der Waals surface area (Å²) in [5.74, 6) is 0.611. The van der Waals surface area contributed by atoms with Gasteiger partial charge in [0.05, 0.1) is 22.0 Å². The fourth-order valence-corrected chi connectivity index (χ4v) is 5.42. The zero-order valence-corrected chi connectivity index (χ0v) is 22.8. The number of carbonyl (C=O) groups is 1. The number of para-hydroxylation sites is 1. The Labute approximate surface area is 237 Å². The molecule has 6 rings (SSSR count). The van der Waals surface area contributed by atoms with Crippen molar-refractivity contribution >= 4 is 55.6 Å². The highest BCUT2D eigenvalue weighted by Crippen LogP contribution is 2.29. The quantitative estimate of drug-likeness (QED) is 0.257. The topological polar surface area (TPSA) is 137 Å². The van der Waals surface area contributed by atoms with Gasteiger partial charge in [0.15, 0.2) is 5.76 Å². The van der Waals surface area contributed by atoms with E-state index in [1.165, 1.54) is 18.3 Å². The van der Waals surface area contributed by atoms with Gasteiger partial charge in [-0.15, -0.1) is 0 Å². The molecule has 0 radical (unpaired) electrons. The highest BCUT2D eigenvalue weighted by atomic mass is 35.5. The second-order valence-corrected chi connectivity index (χ2v) is 11.1. The monoisotopic (exact) mass is 586 g/mol. The second kappa shape index (κ2) is 10.2. The van der Waals surface area contributed by atoms with Crippen molar-refractivity contribution in [1.29, 1.82) is 0 Å². The first-order valence-corrected chi connectivity index (χ1v) is 14.0. The number of rotatable bonds is 6. The van der Waals surface area contributed by atoms with Crippen molar-refractivity contribution in [3.8, 4) is 22.9 Å². The van der Waals surface area contributed by atoms with E-state index in [2.05, 4.69) is 10.1 Å². The highest BCUT2D eigenvalue weighted by molar-refractivity contribution is 7.90. The van der Waals surface area contributed by atoms with E-state index >= 15 is 0 Å². The molecule has 1 N–H and O–H groups in total. The van der Waals surface area contributed by atoms with Crippen LogP contribution in [-0.4, -0.2) is 30.2 Å². The number of sulfonamides is 1. The fourth-order valence-electron chi connectivity index (χ4n) is 4.25. The average Bonchev–Trinajstić information content (AvgIpc) is 3.59. The summed E-state index contributed by atoms with van der Waals surface area (Å²) >= 11 is 6.13. The number of nitrogens with zero attached hydrogens (tertiary/aromatic N) is 3. The molecule has 0 saturated heterocycles. The summed E-state index contributed by atoms with van der Waals surface area (Å²) < 4.78 is 39.3. The minimum absolute atomic E-state index is 0.0617. The van der Waals surface area contributed by atoms with E-state index in [1.54, 1.807) is 72.8 Å². The van der Waals surface area contributed by atoms with E-state index in [1.807, 2.05) is 4.72 Å². The predicted molar refractivity (Wildman–Crippen MR) is 154 cm³/mol. The molecule has 0 aliphatic carbocycles. The Morgan fingerprint density at radius 2 is 1.76 bits per heavy atom. The molecule has 0 unspecified atom stereocenters. The Hall–Kier alpha value is -5.00. The number of furan rings is 2. The van der Waals surface area contributed by atoms with Crippen LogP contribution >= 0.6 is 11.6 Å². The second-order valence-electron chi connectivity index (χ2n) is 8.99. The molecule has 3 heterocycles. The van der Waals surface area contributed by atoms with Crippen LogP contribution in [-0.2, 0) is 14.8 Å². The third-order valence-electron chi connectivity index (χ3n) is 6.11. The number of amides is 1. The number of fused-ring (bicyclic) bond motifs is 2. The molecule has 0 aliphatic rings. The van der Waals surface area contributed by atoms with Crippen molar-refractivity contribution in [2.24, 2.45) is 5.10 Å². The number of hydrogen-bond acceptors (Lipinski definition) is 8. The molecular formula is C29H19ClN4O6S. The van der Waals surface area contributed by atoms with Gasteiger partial charge in [0.25, 0.3) is 15.6 Å². The Kier molecular flexibility index (Phi) is 6.52. The van der Waals surface area contributed by atoms with Crippen LogP contribution < -0.4 is 10.3 Å². The summed E-state index contributed by atoms with van der Waals surface area (Å²) in [6.07, 6.45) is 1.37. The molecule has 1 amide bonds. The number of nitrogens with one attached hydrogen (secondary N) is 1. The van der Waals surface area contributed by atoms with Crippen molar-refractivity contribution in [2.75, 3.05) is 0 Å². The lowest BCUT2D eigenvalue weighted by Gasteiger charge is -2.07. The maximum atomic E-state index is 13.5. The van der Waals surface area contributed by atoms with Gasteiger partial charge < -0.3 is 8.83 Å². The van der Waals surface area contributed by atoms with Crippen LogP contribution in [0.25, 0.3) is 44.8 Å². The predicted octanol–water partition coefficient (Wildman–Crippen LogP) is 5.43. The molecule has 6 aromatic rings. The van der Waals surface area contributed by atoms with Crippen molar-refractivity contribution < 1.29 is 22.0 Å². The first-order valence-electron chi connectivity index (χ1n) is 12.2. The lowest BCUT2D eigenvalue weighted by Crippen LogP contribution is -2.28. The van der Waals surface area contributed by atoms with Crippen molar-refractivity contribution in [3.05, 3.63) is 106 Å². The van der Waals surface area contributed by atoms with Gasteiger partial charge in [0.1, 0.15) is 17.1 Å². The molecular weight excluding hydrogens is 568 g/mol. The summed E-state index contributed by atoms with van der Waals surface area (Å²) in [5.41, 5.74) is 1.26. The van der Waals surface area contributed by atoms with Gasteiger partial charge in [-0.1, -0.05) is 23.7 Å². The Bertz CT molecular complexity index is 2160. The van der Waals surface area contributed by atoms with Crippen LogP contribution in [0.5, 0.6) is 0 Å². The summed E-state index contributed by atoms with van der Waals surface area (Å²) in [7, 11) is -3.95. The van der Waals surface area contributed by atoms with E-state index in [-0.39, 0.29) is 10.7 Å². The van der Waals surface area contributed by atoms with Gasteiger partial charge in [-0.2, -0.15) is 9.78 Å². The lowest BCUT2D eigenvalue weighted by atomic mass is 10.2. The maximum Gasteiger partial charge on any atom is 0.282 e. The van der Waals surface area contributed by atoms with E-state index in [4.69, 9.17) is 20.4 Å². The van der Waals surface area contributed by atoms with Crippen LogP contribution in [0.3, 0.4) is 0 Å². The van der Waals surface area contributed by atoms with E-state index < -0.39 is 21.5 Å². The standard InChI is InChI=1S/C29H19ClN4O6S/c1-17(35)33-41(37,38)22-10-6-18(7-11-22)25-13-9-21(39-25)16-31-34-28(32-24-5-3-2-4-23(24)29(34)36)27-15-19-14-20(30)8-12-26(19)40-27/h2-16H,1H3,(H,33,35). The number of halogens is 1. The largest absolute Gasteiger partial charge is 0.455 e. The van der Waals surface area contributed by atoms with Crippen molar-refractivity contribution in [3.63, 3.8) is 0 Å². The molecule has 0 atom stereocenters. The van der Waals surface area contributed by atoms with Gasteiger partial charge in [-0.05, 0) is 72.8 Å². The first kappa shape index (κ1) is 26.2. The van der Waals surface area contributed by atoms with Gasteiger partial charge in [0, 0.05) is 22.9 Å². The van der Waals surface area contributed by atoms with Gasteiger partial charge in [-0.25, -0.2) is 18.1 Å². The number of aromatic nitrogens is 2. The van der Waals surface area contributed by atoms with Gasteiger partial charge in [-0.3, -0.25) is 9.59 Å². The molecule has 3 aromatic heterocycles. The molecule has 0 spiro atoms. The molecule has 3 aromatic carbocycles. The molecule has 0 aliphatic heterocycles. The smallest absolute Gasteiger partial charge is 0.282 e. The summed E-state index contributed by atoms with van der Waals surface area (Å²) in [4.78, 5) is 29.2. The minimum Gasteiger partial charge on any atom is -0.455 e. The molecule has 204 valence electrons. The molecule has 0 fully saturated rings. The fraction of sp³-hybridized carbons (Fsp3) is 0.0345. The normalized spacial score (nSPS) is 12.0. The Balaban J connectivity index is 1.36. The zero-order valence-electron chi connectivity index (χ0n) is 21.2. The van der Waals surface area contributed by atoms with E-state index in [9.17, 15) is 18.0 Å². The maximum absolute atomic E-state index is 13.5. The van der Waals surface area contributed by atoms with E-state index in [0.717, 1.165) is 17.0 Å². The van der Waals surface area contributed by atoms with Crippen molar-refractivity contribution in [2.45, 2.75) is 11.8 Å². The summed E-state index contributed by atoms with van der Waals surface area (Å²) in [6, 6.07) is 23.1. The van der Waals surface area contributed by atoms with Crippen LogP contribution in [0, 0.1) is 0 Å². The molecule has 0 bridgehead atoms. The minimum atomic E-state index is -3.95. The molecule has 10 nitrogen and oxygen atoms in total. The van der Waals surface area contributed by atoms with Crippen LogP contribution in [0.4, 0.5) is 0 Å². The first-order chi connectivity index (χ1) is 19.7. The lowest BCUT2D eigenvalue weighted by molar-refractivity contribution is -0.117. The molecule has 12 heteroatoms. The Morgan fingerprint density at radius 1 is 0.976 bits per heavy atom. The molecule has 0 saturated carbocycles. The number of hydrogen-bond donors (Lipinski definition) is 1. The third kappa shape index (κ3) is 5.15. The van der Waals surface area contributed by atoms with Crippen LogP contribution in [0.15, 0.2) is 109 Å². The average molecular weight is 587 g/mol. The summed E-state index contributed by atoms with van der Waals surface area (Å²) in [6.45, 7) is 1.12. The number of carbonyl (C=O) groups excluding carboxylic acids is 1. The van der Waals surface area contributed by atoms with Gasteiger partial charge >= 0.3 is 0 Å². The van der Waals surface area contributed by atoms with Crippen LogP contribution in [0.1, 0.15) is 12.7 Å². The third-order valence-corrected chi connectivity index (χ3v) is 7.79. The number of benzene rings is 3.